The van der Waals surface area contributed by atoms with Gasteiger partial charge in [-0.25, -0.2) is 4.39 Å². The Morgan fingerprint density at radius 3 is 2.67 bits per heavy atom. The fraction of sp³-hybridized carbons (Fsp3) is 0.333. The molecule has 2 nitrogen and oxygen atoms in total. The van der Waals surface area contributed by atoms with Gasteiger partial charge in [0.1, 0.15) is 11.6 Å². The van der Waals surface area contributed by atoms with Crippen LogP contribution < -0.4 is 5.32 Å². The highest BCUT2D eigenvalue weighted by atomic mass is 19.1. The molecule has 0 bridgehead atoms. The van der Waals surface area contributed by atoms with Crippen molar-refractivity contribution in [1.82, 2.24) is 5.32 Å². The van der Waals surface area contributed by atoms with Gasteiger partial charge < -0.3 is 9.73 Å². The topological polar surface area (TPSA) is 25.2 Å². The molecule has 1 aromatic carbocycles. The van der Waals surface area contributed by atoms with E-state index < -0.39 is 0 Å². The monoisotopic (exact) mass is 247 g/mol. The first-order valence-electron chi connectivity index (χ1n) is 6.14. The highest BCUT2D eigenvalue weighted by Gasteiger charge is 2.11. The summed E-state index contributed by atoms with van der Waals surface area (Å²) < 4.78 is 18.6. The Morgan fingerprint density at radius 1 is 1.22 bits per heavy atom. The number of hydrogen-bond acceptors (Lipinski definition) is 2. The zero-order valence-electron chi connectivity index (χ0n) is 11.0. The zero-order valence-corrected chi connectivity index (χ0v) is 11.0. The molecule has 0 amide bonds. The van der Waals surface area contributed by atoms with Crippen LogP contribution in [0.4, 0.5) is 4.39 Å². The average Bonchev–Trinajstić information content (AvgIpc) is 2.74. The van der Waals surface area contributed by atoms with Crippen LogP contribution in [0.15, 0.2) is 34.9 Å². The maximum absolute atomic E-state index is 13.1. The molecule has 1 aromatic heterocycles. The molecule has 2 aromatic rings. The molecule has 0 aliphatic rings. The number of nitrogens with one attached hydrogen (secondary N) is 1. The van der Waals surface area contributed by atoms with E-state index in [-0.39, 0.29) is 5.82 Å². The van der Waals surface area contributed by atoms with E-state index in [1.54, 1.807) is 18.4 Å². The quantitative estimate of drug-likeness (QED) is 0.886. The average molecular weight is 247 g/mol. The fourth-order valence-electron chi connectivity index (χ4n) is 1.94. The molecular formula is C15H18FNO. The minimum absolute atomic E-state index is 0.207. The molecule has 0 saturated carbocycles. The van der Waals surface area contributed by atoms with Crippen molar-refractivity contribution in [3.63, 3.8) is 0 Å². The lowest BCUT2D eigenvalue weighted by Crippen LogP contribution is -2.21. The smallest absolute Gasteiger partial charge is 0.125 e. The molecule has 3 heteroatoms. The molecule has 0 atom stereocenters. The number of rotatable bonds is 4. The third-order valence-corrected chi connectivity index (χ3v) is 2.89. The Balaban J connectivity index is 2.30. The number of hydrogen-bond donors (Lipinski definition) is 1. The van der Waals surface area contributed by atoms with Crippen molar-refractivity contribution in [3.8, 4) is 11.1 Å². The number of aryl methyl sites for hydroxylation is 1. The maximum atomic E-state index is 13.1. The molecule has 0 saturated heterocycles. The molecule has 0 radical (unpaired) electrons. The second-order valence-electron chi connectivity index (χ2n) is 4.75. The Morgan fingerprint density at radius 2 is 2.00 bits per heavy atom. The molecule has 0 aliphatic heterocycles. The summed E-state index contributed by atoms with van der Waals surface area (Å²) in [5.41, 5.74) is 2.97. The summed E-state index contributed by atoms with van der Waals surface area (Å²) in [6.45, 7) is 6.76. The summed E-state index contributed by atoms with van der Waals surface area (Å²) in [6, 6.07) is 7.15. The van der Waals surface area contributed by atoms with Gasteiger partial charge in [0.25, 0.3) is 0 Å². The van der Waals surface area contributed by atoms with Gasteiger partial charge in [-0.3, -0.25) is 0 Å². The van der Waals surface area contributed by atoms with Gasteiger partial charge in [0.15, 0.2) is 0 Å². The van der Waals surface area contributed by atoms with Crippen molar-refractivity contribution in [2.45, 2.75) is 33.4 Å². The lowest BCUT2D eigenvalue weighted by molar-refractivity contribution is 0.466. The molecule has 96 valence electrons. The summed E-state index contributed by atoms with van der Waals surface area (Å²) in [5, 5.41) is 3.32. The molecule has 1 N–H and O–H groups in total. The van der Waals surface area contributed by atoms with E-state index in [4.69, 9.17) is 4.42 Å². The first-order chi connectivity index (χ1) is 8.58. The van der Waals surface area contributed by atoms with Gasteiger partial charge in [0.2, 0.25) is 0 Å². The Kier molecular flexibility index (Phi) is 3.82. The normalized spacial score (nSPS) is 11.2. The summed E-state index contributed by atoms with van der Waals surface area (Å²) >= 11 is 0. The van der Waals surface area contributed by atoms with Crippen LogP contribution in [-0.2, 0) is 6.54 Å². The Hall–Kier alpha value is -1.61. The van der Waals surface area contributed by atoms with Crippen molar-refractivity contribution in [2.24, 2.45) is 0 Å². The Labute approximate surface area is 107 Å². The van der Waals surface area contributed by atoms with Gasteiger partial charge in [-0.15, -0.1) is 0 Å². The standard InChI is InChI=1S/C15H18FNO/c1-10(2)17-9-15-14(6-7-18-15)13-5-4-12(16)8-11(13)3/h4-8,10,17H,9H2,1-3H3. The third kappa shape index (κ3) is 2.79. The van der Waals surface area contributed by atoms with E-state index in [1.165, 1.54) is 6.07 Å². The van der Waals surface area contributed by atoms with Crippen molar-refractivity contribution >= 4 is 0 Å². The predicted octanol–water partition coefficient (Wildman–Crippen LogP) is 3.89. The minimum atomic E-state index is -0.207. The third-order valence-electron chi connectivity index (χ3n) is 2.89. The van der Waals surface area contributed by atoms with Crippen LogP contribution in [0.2, 0.25) is 0 Å². The second-order valence-corrected chi connectivity index (χ2v) is 4.75. The molecule has 1 heterocycles. The number of benzene rings is 1. The van der Waals surface area contributed by atoms with Crippen LogP contribution in [0, 0.1) is 12.7 Å². The zero-order chi connectivity index (χ0) is 13.1. The Bertz CT molecular complexity index is 531. The summed E-state index contributed by atoms with van der Waals surface area (Å²) in [5.74, 6) is 0.681. The molecule has 0 spiro atoms. The second kappa shape index (κ2) is 5.36. The summed E-state index contributed by atoms with van der Waals surface area (Å²) in [6.07, 6.45) is 1.68. The highest BCUT2D eigenvalue weighted by Crippen LogP contribution is 2.28. The van der Waals surface area contributed by atoms with Gasteiger partial charge in [0.05, 0.1) is 12.8 Å². The molecule has 18 heavy (non-hydrogen) atoms. The van der Waals surface area contributed by atoms with Crippen LogP contribution in [0.25, 0.3) is 11.1 Å². The van der Waals surface area contributed by atoms with E-state index >= 15 is 0 Å². The van der Waals surface area contributed by atoms with E-state index in [1.807, 2.05) is 13.0 Å². The molecule has 0 fully saturated rings. The largest absolute Gasteiger partial charge is 0.467 e. The van der Waals surface area contributed by atoms with Gasteiger partial charge in [-0.2, -0.15) is 0 Å². The van der Waals surface area contributed by atoms with Crippen molar-refractivity contribution in [3.05, 3.63) is 47.7 Å². The molecule has 0 aliphatic carbocycles. The lowest BCUT2D eigenvalue weighted by Gasteiger charge is -2.09. The van der Waals surface area contributed by atoms with Crippen molar-refractivity contribution in [1.29, 1.82) is 0 Å². The highest BCUT2D eigenvalue weighted by molar-refractivity contribution is 5.68. The van der Waals surface area contributed by atoms with Crippen LogP contribution in [0.1, 0.15) is 25.2 Å². The minimum Gasteiger partial charge on any atom is -0.467 e. The fourth-order valence-corrected chi connectivity index (χ4v) is 1.94. The van der Waals surface area contributed by atoms with Gasteiger partial charge in [-0.1, -0.05) is 19.9 Å². The lowest BCUT2D eigenvalue weighted by atomic mass is 10.0. The molecule has 0 unspecified atom stereocenters. The summed E-state index contributed by atoms with van der Waals surface area (Å²) in [7, 11) is 0. The van der Waals surface area contributed by atoms with Crippen molar-refractivity contribution < 1.29 is 8.81 Å². The van der Waals surface area contributed by atoms with Gasteiger partial charge in [0, 0.05) is 11.6 Å². The SMILES string of the molecule is Cc1cc(F)ccc1-c1ccoc1CNC(C)C. The van der Waals surface area contributed by atoms with E-state index in [0.29, 0.717) is 12.6 Å². The van der Waals surface area contributed by atoms with Crippen LogP contribution >= 0.6 is 0 Å². The number of halogens is 1. The van der Waals surface area contributed by atoms with Crippen LogP contribution in [-0.4, -0.2) is 6.04 Å². The van der Waals surface area contributed by atoms with Crippen molar-refractivity contribution in [2.75, 3.05) is 0 Å². The molecular weight excluding hydrogens is 229 g/mol. The van der Waals surface area contributed by atoms with Crippen LogP contribution in [0.5, 0.6) is 0 Å². The van der Waals surface area contributed by atoms with E-state index in [0.717, 1.165) is 22.5 Å². The summed E-state index contributed by atoms with van der Waals surface area (Å²) in [4.78, 5) is 0. The van der Waals surface area contributed by atoms with Gasteiger partial charge in [-0.05, 0) is 36.2 Å². The van der Waals surface area contributed by atoms with E-state index in [2.05, 4.69) is 19.2 Å². The maximum Gasteiger partial charge on any atom is 0.125 e. The predicted molar refractivity (Wildman–Crippen MR) is 70.8 cm³/mol. The van der Waals surface area contributed by atoms with E-state index in [9.17, 15) is 4.39 Å². The first-order valence-corrected chi connectivity index (χ1v) is 6.14. The van der Waals surface area contributed by atoms with Gasteiger partial charge >= 0.3 is 0 Å². The molecule has 2 rings (SSSR count). The van der Waals surface area contributed by atoms with Crippen LogP contribution in [0.3, 0.4) is 0 Å². The first kappa shape index (κ1) is 12.8. The number of furan rings is 1.